The second-order valence-electron chi connectivity index (χ2n) is 3.91. The maximum Gasteiger partial charge on any atom is 0.119 e. The van der Waals surface area contributed by atoms with Crippen LogP contribution in [0.4, 0.5) is 0 Å². The minimum Gasteiger partial charge on any atom is -0.147 e. The minimum atomic E-state index is 0.530. The molecule has 0 aliphatic carbocycles. The molecule has 0 saturated heterocycles. The second kappa shape index (κ2) is 6.65. The summed E-state index contributed by atoms with van der Waals surface area (Å²) >= 11 is 3.08. The molecule has 16 heavy (non-hydrogen) atoms. The van der Waals surface area contributed by atoms with Crippen LogP contribution < -0.4 is 0 Å². The Hall–Kier alpha value is -0.880. The van der Waals surface area contributed by atoms with Gasteiger partial charge >= 0.3 is 0 Å². The van der Waals surface area contributed by atoms with E-state index in [1.807, 2.05) is 6.20 Å². The molecular formula is C10H16N4S2. The molecule has 2 rings (SSSR count). The van der Waals surface area contributed by atoms with Crippen molar-refractivity contribution in [3.63, 3.8) is 0 Å². The van der Waals surface area contributed by atoms with E-state index in [9.17, 15) is 0 Å². The molecule has 2 heterocycles. The van der Waals surface area contributed by atoms with Crippen molar-refractivity contribution in [2.45, 2.75) is 39.5 Å². The van der Waals surface area contributed by atoms with E-state index < -0.39 is 0 Å². The van der Waals surface area contributed by atoms with Crippen LogP contribution in [0.25, 0.3) is 0 Å². The van der Waals surface area contributed by atoms with Crippen LogP contribution in [0.2, 0.25) is 0 Å². The molecule has 0 bridgehead atoms. The van der Waals surface area contributed by atoms with Crippen LogP contribution in [0.15, 0.2) is 11.7 Å². The van der Waals surface area contributed by atoms with Gasteiger partial charge in [0.1, 0.15) is 10.5 Å². The fraction of sp³-hybridized carbons (Fsp3) is 0.600. The summed E-state index contributed by atoms with van der Waals surface area (Å²) in [5.74, 6) is 1.11. The van der Waals surface area contributed by atoms with Gasteiger partial charge in [-0.25, -0.2) is 0 Å². The van der Waals surface area contributed by atoms with E-state index in [-0.39, 0.29) is 0 Å². The standard InChI is InChI=1S/2C5H8N2S/c1-4(2)5-7-6-3-8-5;1-4(2)5-3-6-7-8-5/h2*3-4H,1-2H3. The zero-order valence-corrected chi connectivity index (χ0v) is 11.5. The van der Waals surface area contributed by atoms with Crippen molar-refractivity contribution in [3.05, 3.63) is 21.6 Å². The first-order valence-corrected chi connectivity index (χ1v) is 6.80. The van der Waals surface area contributed by atoms with E-state index in [0.717, 1.165) is 5.01 Å². The Bertz CT molecular complexity index is 329. The van der Waals surface area contributed by atoms with Crippen LogP contribution in [0.1, 0.15) is 49.4 Å². The maximum atomic E-state index is 3.88. The Morgan fingerprint density at radius 3 is 2.06 bits per heavy atom. The SMILES string of the molecule is CC(C)c1cnns1.CC(C)c1nncs1. The van der Waals surface area contributed by atoms with Crippen molar-refractivity contribution < 1.29 is 0 Å². The molecule has 0 N–H and O–H groups in total. The Morgan fingerprint density at radius 1 is 1.06 bits per heavy atom. The van der Waals surface area contributed by atoms with Gasteiger partial charge in [0, 0.05) is 10.8 Å². The number of aromatic nitrogens is 4. The summed E-state index contributed by atoms with van der Waals surface area (Å²) in [6.07, 6.45) is 1.81. The van der Waals surface area contributed by atoms with Crippen LogP contribution >= 0.6 is 22.9 Å². The van der Waals surface area contributed by atoms with Gasteiger partial charge in [-0.15, -0.1) is 26.6 Å². The van der Waals surface area contributed by atoms with E-state index in [4.69, 9.17) is 0 Å². The molecule has 2 aromatic heterocycles. The lowest BCUT2D eigenvalue weighted by molar-refractivity contribution is 0.825. The summed E-state index contributed by atoms with van der Waals surface area (Å²) in [6.45, 7) is 8.49. The maximum absolute atomic E-state index is 3.88. The summed E-state index contributed by atoms with van der Waals surface area (Å²) < 4.78 is 3.74. The molecule has 0 saturated carbocycles. The summed E-state index contributed by atoms with van der Waals surface area (Å²) in [5.41, 5.74) is 1.76. The summed E-state index contributed by atoms with van der Waals surface area (Å²) in [4.78, 5) is 1.25. The van der Waals surface area contributed by atoms with Crippen LogP contribution in [0, 0.1) is 0 Å². The van der Waals surface area contributed by atoms with Crippen molar-refractivity contribution in [2.75, 3.05) is 0 Å². The molecular weight excluding hydrogens is 240 g/mol. The highest BCUT2D eigenvalue weighted by atomic mass is 32.1. The average Bonchev–Trinajstić information content (AvgIpc) is 2.93. The molecule has 2 aromatic rings. The summed E-state index contributed by atoms with van der Waals surface area (Å²) in [6, 6.07) is 0. The molecule has 0 aromatic carbocycles. The lowest BCUT2D eigenvalue weighted by Gasteiger charge is -1.92. The highest BCUT2D eigenvalue weighted by Gasteiger charge is 1.99. The Labute approximate surface area is 104 Å². The first-order valence-electron chi connectivity index (χ1n) is 5.14. The van der Waals surface area contributed by atoms with Gasteiger partial charge in [-0.2, -0.15) is 0 Å². The van der Waals surface area contributed by atoms with Gasteiger partial charge in [0.2, 0.25) is 0 Å². The van der Waals surface area contributed by atoms with Gasteiger partial charge in [0.15, 0.2) is 0 Å². The van der Waals surface area contributed by atoms with Gasteiger partial charge < -0.3 is 0 Å². The second-order valence-corrected chi connectivity index (χ2v) is 5.59. The fourth-order valence-corrected chi connectivity index (χ4v) is 1.92. The topological polar surface area (TPSA) is 51.6 Å². The first-order chi connectivity index (χ1) is 7.61. The van der Waals surface area contributed by atoms with Crippen molar-refractivity contribution in [1.82, 2.24) is 19.8 Å². The van der Waals surface area contributed by atoms with E-state index in [1.165, 1.54) is 16.4 Å². The third kappa shape index (κ3) is 4.32. The number of rotatable bonds is 2. The highest BCUT2D eigenvalue weighted by molar-refractivity contribution is 7.09. The molecule has 0 aliphatic heterocycles. The summed E-state index contributed by atoms with van der Waals surface area (Å²) in [5, 5.41) is 12.4. The quantitative estimate of drug-likeness (QED) is 0.827. The minimum absolute atomic E-state index is 0.530. The van der Waals surface area contributed by atoms with Gasteiger partial charge in [-0.3, -0.25) is 0 Å². The number of nitrogens with zero attached hydrogens (tertiary/aromatic N) is 4. The number of hydrogen-bond donors (Lipinski definition) is 0. The van der Waals surface area contributed by atoms with E-state index in [0.29, 0.717) is 11.8 Å². The third-order valence-corrected chi connectivity index (χ3v) is 3.78. The van der Waals surface area contributed by atoms with E-state index in [2.05, 4.69) is 47.5 Å². The van der Waals surface area contributed by atoms with E-state index in [1.54, 1.807) is 16.8 Å². The molecule has 6 heteroatoms. The molecule has 0 fully saturated rings. The fourth-order valence-electron chi connectivity index (χ4n) is 0.862. The smallest absolute Gasteiger partial charge is 0.119 e. The normalized spacial score (nSPS) is 10.4. The predicted octanol–water partition coefficient (Wildman–Crippen LogP) is 3.32. The molecule has 4 nitrogen and oxygen atoms in total. The molecule has 0 spiro atoms. The van der Waals surface area contributed by atoms with Gasteiger partial charge in [-0.05, 0) is 17.5 Å². The van der Waals surface area contributed by atoms with Crippen LogP contribution in [0.3, 0.4) is 0 Å². The zero-order valence-electron chi connectivity index (χ0n) is 9.91. The monoisotopic (exact) mass is 256 g/mol. The molecule has 0 radical (unpaired) electrons. The number of hydrogen-bond acceptors (Lipinski definition) is 6. The lowest BCUT2D eigenvalue weighted by atomic mass is 10.2. The average molecular weight is 256 g/mol. The largest absolute Gasteiger partial charge is 0.147 e. The van der Waals surface area contributed by atoms with Gasteiger partial charge in [-0.1, -0.05) is 32.2 Å². The van der Waals surface area contributed by atoms with Gasteiger partial charge in [0.25, 0.3) is 0 Å². The van der Waals surface area contributed by atoms with Crippen LogP contribution in [-0.4, -0.2) is 19.8 Å². The van der Waals surface area contributed by atoms with Crippen molar-refractivity contribution in [3.8, 4) is 0 Å². The first kappa shape index (κ1) is 13.2. The summed E-state index contributed by atoms with van der Waals surface area (Å²) in [7, 11) is 0. The van der Waals surface area contributed by atoms with Crippen molar-refractivity contribution in [2.24, 2.45) is 0 Å². The molecule has 0 amide bonds. The molecule has 0 aliphatic rings. The molecule has 88 valence electrons. The molecule has 0 atom stereocenters. The Morgan fingerprint density at radius 2 is 1.81 bits per heavy atom. The lowest BCUT2D eigenvalue weighted by Crippen LogP contribution is -1.83. The Balaban J connectivity index is 0.000000160. The molecule has 0 unspecified atom stereocenters. The highest BCUT2D eigenvalue weighted by Crippen LogP contribution is 2.15. The third-order valence-electron chi connectivity index (χ3n) is 1.82. The zero-order chi connectivity index (χ0) is 12.0. The Kier molecular flexibility index (Phi) is 5.48. The van der Waals surface area contributed by atoms with Crippen LogP contribution in [0.5, 0.6) is 0 Å². The van der Waals surface area contributed by atoms with Crippen molar-refractivity contribution in [1.29, 1.82) is 0 Å². The van der Waals surface area contributed by atoms with Gasteiger partial charge in [0.05, 0.1) is 6.20 Å². The predicted molar refractivity (Wildman–Crippen MR) is 68.0 cm³/mol. The van der Waals surface area contributed by atoms with Crippen molar-refractivity contribution >= 4 is 22.9 Å². The van der Waals surface area contributed by atoms with E-state index >= 15 is 0 Å². The van der Waals surface area contributed by atoms with Crippen LogP contribution in [-0.2, 0) is 0 Å².